The maximum Gasteiger partial charge on any atom is 0.431 e. The lowest BCUT2D eigenvalue weighted by Gasteiger charge is -2.11. The van der Waals surface area contributed by atoms with E-state index in [4.69, 9.17) is 16.7 Å². The van der Waals surface area contributed by atoms with Crippen LogP contribution in [0.15, 0.2) is 11.8 Å². The highest BCUT2D eigenvalue weighted by Gasteiger charge is 2.35. The van der Waals surface area contributed by atoms with Gasteiger partial charge < -0.3 is 10.4 Å². The van der Waals surface area contributed by atoms with Crippen LogP contribution < -0.4 is 5.32 Å². The minimum atomic E-state index is -4.93. The molecule has 0 saturated heterocycles. The lowest BCUT2D eigenvalue weighted by Crippen LogP contribution is -2.32. The third kappa shape index (κ3) is 4.70. The molecule has 14 heavy (non-hydrogen) atoms. The Morgan fingerprint density at radius 2 is 1.93 bits per heavy atom. The summed E-state index contributed by atoms with van der Waals surface area (Å²) in [6.45, 7) is 0. The number of carboxylic acid groups (broad SMARTS) is 1. The van der Waals surface area contributed by atoms with Crippen molar-refractivity contribution in [1.29, 1.82) is 0 Å². The van der Waals surface area contributed by atoms with Crippen LogP contribution in [0.1, 0.15) is 0 Å². The third-order valence-corrected chi connectivity index (χ3v) is 1.21. The molecule has 0 aliphatic carbocycles. The molecule has 4 nitrogen and oxygen atoms in total. The molecule has 0 radical (unpaired) electrons. The molecular formula is C6H5ClF3NO3. The van der Waals surface area contributed by atoms with Gasteiger partial charge in [-0.15, -0.1) is 11.6 Å². The molecule has 0 bridgehead atoms. The summed E-state index contributed by atoms with van der Waals surface area (Å²) in [6.07, 6.45) is -5.08. The summed E-state index contributed by atoms with van der Waals surface area (Å²) in [4.78, 5) is 20.4. The van der Waals surface area contributed by atoms with E-state index in [2.05, 4.69) is 0 Å². The van der Waals surface area contributed by atoms with Crippen LogP contribution in [0.5, 0.6) is 0 Å². The molecule has 0 aliphatic rings. The van der Waals surface area contributed by atoms with Crippen LogP contribution in [0.3, 0.4) is 0 Å². The number of carbonyl (C=O) groups excluding carboxylic acids is 1. The highest BCUT2D eigenvalue weighted by Crippen LogP contribution is 2.23. The first-order valence-electron chi connectivity index (χ1n) is 3.15. The van der Waals surface area contributed by atoms with Crippen LogP contribution in [-0.4, -0.2) is 29.0 Å². The van der Waals surface area contributed by atoms with Crippen LogP contribution in [0.4, 0.5) is 13.2 Å². The quantitative estimate of drug-likeness (QED) is 0.560. The molecule has 2 N–H and O–H groups in total. The molecule has 0 fully saturated rings. The third-order valence-electron chi connectivity index (χ3n) is 0.969. The van der Waals surface area contributed by atoms with E-state index < -0.39 is 29.6 Å². The Bertz CT molecular complexity index is 274. The number of amides is 1. The highest BCUT2D eigenvalue weighted by molar-refractivity contribution is 6.27. The van der Waals surface area contributed by atoms with E-state index in [1.54, 1.807) is 0 Å². The predicted octanol–water partition coefficient (Wildman–Crippen LogP) is 0.872. The van der Waals surface area contributed by atoms with Crippen molar-refractivity contribution in [1.82, 2.24) is 5.32 Å². The number of carboxylic acids is 1. The predicted molar refractivity (Wildman–Crippen MR) is 40.6 cm³/mol. The molecule has 0 aromatic heterocycles. The van der Waals surface area contributed by atoms with Crippen molar-refractivity contribution in [2.75, 3.05) is 5.88 Å². The van der Waals surface area contributed by atoms with Gasteiger partial charge in [0.1, 0.15) is 11.6 Å². The maximum atomic E-state index is 12.0. The molecule has 0 spiro atoms. The van der Waals surface area contributed by atoms with E-state index in [1.165, 1.54) is 5.32 Å². The van der Waals surface area contributed by atoms with E-state index in [0.717, 1.165) is 0 Å². The lowest BCUT2D eigenvalue weighted by atomic mass is 10.3. The number of rotatable bonds is 3. The van der Waals surface area contributed by atoms with Crippen LogP contribution >= 0.6 is 11.6 Å². The van der Waals surface area contributed by atoms with E-state index in [-0.39, 0.29) is 6.08 Å². The molecule has 8 heteroatoms. The summed E-state index contributed by atoms with van der Waals surface area (Å²) in [7, 11) is 0. The average molecular weight is 232 g/mol. The Labute approximate surface area is 81.3 Å². The molecule has 0 saturated carbocycles. The van der Waals surface area contributed by atoms with Gasteiger partial charge in [0.05, 0.1) is 6.08 Å². The van der Waals surface area contributed by atoms with Gasteiger partial charge in [-0.3, -0.25) is 4.79 Å². The maximum absolute atomic E-state index is 12.0. The fourth-order valence-electron chi connectivity index (χ4n) is 0.496. The number of halogens is 4. The lowest BCUT2D eigenvalue weighted by molar-refractivity contribution is -0.133. The zero-order valence-corrected chi connectivity index (χ0v) is 7.32. The standard InChI is InChI=1S/C6H5ClF3NO3/c7-2-4(12)11-3(1-5(13)14)6(8,9)10/h1H,2H2,(H,11,12)(H,13,14)/b3-1+. The molecule has 0 rings (SSSR count). The first kappa shape index (κ1) is 12.8. The van der Waals surface area contributed by atoms with Crippen LogP contribution in [0.25, 0.3) is 0 Å². The minimum absolute atomic E-state index is 0.148. The van der Waals surface area contributed by atoms with Crippen molar-refractivity contribution in [2.24, 2.45) is 0 Å². The number of alkyl halides is 4. The van der Waals surface area contributed by atoms with Gasteiger partial charge in [0.25, 0.3) is 0 Å². The molecule has 80 valence electrons. The van der Waals surface area contributed by atoms with Gasteiger partial charge in [0.15, 0.2) is 0 Å². The van der Waals surface area contributed by atoms with Crippen molar-refractivity contribution in [3.8, 4) is 0 Å². The Morgan fingerprint density at radius 3 is 2.21 bits per heavy atom. The number of aliphatic carboxylic acids is 1. The highest BCUT2D eigenvalue weighted by atomic mass is 35.5. The number of carbonyl (C=O) groups is 2. The van der Waals surface area contributed by atoms with Gasteiger partial charge in [-0.05, 0) is 0 Å². The van der Waals surface area contributed by atoms with E-state index in [0.29, 0.717) is 0 Å². The normalized spacial score (nSPS) is 12.4. The van der Waals surface area contributed by atoms with Crippen molar-refractivity contribution in [3.05, 3.63) is 11.8 Å². The van der Waals surface area contributed by atoms with Crippen molar-refractivity contribution in [2.45, 2.75) is 6.18 Å². The second-order valence-electron chi connectivity index (χ2n) is 2.08. The largest absolute Gasteiger partial charge is 0.478 e. The molecule has 0 heterocycles. The average Bonchev–Trinajstić information content (AvgIpc) is 2.00. The Morgan fingerprint density at radius 1 is 1.43 bits per heavy atom. The number of hydrogen-bond donors (Lipinski definition) is 2. The molecule has 0 aliphatic heterocycles. The van der Waals surface area contributed by atoms with Crippen molar-refractivity contribution < 1.29 is 27.9 Å². The number of hydrogen-bond acceptors (Lipinski definition) is 2. The Kier molecular flexibility index (Phi) is 4.42. The molecule has 0 aromatic carbocycles. The SMILES string of the molecule is O=C(O)/C=C(/NC(=O)CCl)C(F)(F)F. The molecule has 0 atom stereocenters. The zero-order chi connectivity index (χ0) is 11.4. The Balaban J connectivity index is 4.76. The van der Waals surface area contributed by atoms with Crippen molar-refractivity contribution >= 4 is 23.5 Å². The second-order valence-corrected chi connectivity index (χ2v) is 2.34. The van der Waals surface area contributed by atoms with Crippen LogP contribution in [0.2, 0.25) is 0 Å². The first-order chi connectivity index (χ1) is 6.27. The topological polar surface area (TPSA) is 66.4 Å². The van der Waals surface area contributed by atoms with Crippen LogP contribution in [0, 0.1) is 0 Å². The van der Waals surface area contributed by atoms with Gasteiger partial charge in [-0.1, -0.05) is 0 Å². The molecular weight excluding hydrogens is 227 g/mol. The van der Waals surface area contributed by atoms with Gasteiger partial charge in [-0.2, -0.15) is 13.2 Å². The van der Waals surface area contributed by atoms with Gasteiger partial charge in [-0.25, -0.2) is 4.79 Å². The molecule has 0 unspecified atom stereocenters. The number of nitrogens with one attached hydrogen (secondary N) is 1. The fraction of sp³-hybridized carbons (Fsp3) is 0.333. The zero-order valence-electron chi connectivity index (χ0n) is 6.56. The molecule has 0 aromatic rings. The summed E-state index contributed by atoms with van der Waals surface area (Å²) >= 11 is 4.93. The van der Waals surface area contributed by atoms with E-state index in [9.17, 15) is 22.8 Å². The fourth-order valence-corrected chi connectivity index (χ4v) is 0.563. The number of allylic oxidation sites excluding steroid dienone is 1. The summed E-state index contributed by atoms with van der Waals surface area (Å²) in [5, 5.41) is 9.39. The van der Waals surface area contributed by atoms with Gasteiger partial charge in [0, 0.05) is 0 Å². The van der Waals surface area contributed by atoms with Crippen molar-refractivity contribution in [3.63, 3.8) is 0 Å². The van der Waals surface area contributed by atoms with E-state index in [1.807, 2.05) is 0 Å². The first-order valence-corrected chi connectivity index (χ1v) is 3.68. The summed E-state index contributed by atoms with van der Waals surface area (Å²) in [5.41, 5.74) is -1.66. The van der Waals surface area contributed by atoms with Gasteiger partial charge >= 0.3 is 12.1 Å². The minimum Gasteiger partial charge on any atom is -0.478 e. The molecule has 1 amide bonds. The second kappa shape index (κ2) is 4.85. The monoisotopic (exact) mass is 231 g/mol. The van der Waals surface area contributed by atoms with Crippen LogP contribution in [-0.2, 0) is 9.59 Å². The van der Waals surface area contributed by atoms with Gasteiger partial charge in [0.2, 0.25) is 5.91 Å². The Hall–Kier alpha value is -1.24. The summed E-state index contributed by atoms with van der Waals surface area (Å²) < 4.78 is 36.0. The summed E-state index contributed by atoms with van der Waals surface area (Å²) in [6, 6.07) is 0. The van der Waals surface area contributed by atoms with E-state index >= 15 is 0 Å². The summed E-state index contributed by atoms with van der Waals surface area (Å²) in [5.74, 6) is -3.63. The smallest absolute Gasteiger partial charge is 0.431 e.